The first-order valence-corrected chi connectivity index (χ1v) is 6.98. The number of hydrogen-bond donors (Lipinski definition) is 1. The number of benzene rings is 2. The standard InChI is InChI=1S/C15H12BrF4N/c1-21-13(5-8-3-2-4-10(17)15(8)20)14-11(18)6-9(16)7-12(14)19/h2-4,6-7,13,21H,5H2,1H3. The summed E-state index contributed by atoms with van der Waals surface area (Å²) in [7, 11) is 1.50. The lowest BCUT2D eigenvalue weighted by Gasteiger charge is -2.19. The Hall–Kier alpha value is -1.40. The van der Waals surface area contributed by atoms with Crippen molar-refractivity contribution in [2.75, 3.05) is 7.05 Å². The van der Waals surface area contributed by atoms with Crippen LogP contribution in [0.2, 0.25) is 0 Å². The molecule has 0 amide bonds. The summed E-state index contributed by atoms with van der Waals surface area (Å²) in [4.78, 5) is 0. The molecule has 6 heteroatoms. The summed E-state index contributed by atoms with van der Waals surface area (Å²) < 4.78 is 55.1. The third-order valence-electron chi connectivity index (χ3n) is 3.20. The molecule has 2 aromatic rings. The van der Waals surface area contributed by atoms with Gasteiger partial charge in [-0.3, -0.25) is 0 Å². The molecule has 0 fully saturated rings. The van der Waals surface area contributed by atoms with Crippen LogP contribution in [0.4, 0.5) is 17.6 Å². The van der Waals surface area contributed by atoms with E-state index in [1.54, 1.807) is 0 Å². The topological polar surface area (TPSA) is 12.0 Å². The third-order valence-corrected chi connectivity index (χ3v) is 3.65. The summed E-state index contributed by atoms with van der Waals surface area (Å²) in [6, 6.07) is 5.18. The predicted octanol–water partition coefficient (Wildman–Crippen LogP) is 4.51. The van der Waals surface area contributed by atoms with Gasteiger partial charge in [0.05, 0.1) is 0 Å². The normalized spacial score (nSPS) is 12.5. The molecule has 2 aromatic carbocycles. The summed E-state index contributed by atoms with van der Waals surface area (Å²) in [6.45, 7) is 0. The van der Waals surface area contributed by atoms with Crippen molar-refractivity contribution in [1.82, 2.24) is 5.32 Å². The molecule has 1 atom stereocenters. The second kappa shape index (κ2) is 6.58. The summed E-state index contributed by atoms with van der Waals surface area (Å²) in [6.07, 6.45) is -0.0738. The Morgan fingerprint density at radius 1 is 1.05 bits per heavy atom. The lowest BCUT2D eigenvalue weighted by atomic mass is 9.97. The summed E-state index contributed by atoms with van der Waals surface area (Å²) in [5.41, 5.74) is -0.152. The highest BCUT2D eigenvalue weighted by molar-refractivity contribution is 9.10. The van der Waals surface area contributed by atoms with Crippen LogP contribution >= 0.6 is 15.9 Å². The molecule has 112 valence electrons. The highest BCUT2D eigenvalue weighted by Gasteiger charge is 2.22. The Kier molecular flexibility index (Phi) is 5.00. The molecule has 0 radical (unpaired) electrons. The van der Waals surface area contributed by atoms with E-state index in [1.807, 2.05) is 0 Å². The minimum atomic E-state index is -1.00. The fourth-order valence-corrected chi connectivity index (χ4v) is 2.56. The molecule has 0 aliphatic carbocycles. The average molecular weight is 362 g/mol. The van der Waals surface area contributed by atoms with Crippen LogP contribution in [-0.4, -0.2) is 7.05 Å². The average Bonchev–Trinajstić information content (AvgIpc) is 2.41. The maximum Gasteiger partial charge on any atom is 0.162 e. The molecule has 0 bridgehead atoms. The Labute approximate surface area is 128 Å². The van der Waals surface area contributed by atoms with E-state index >= 15 is 0 Å². The molecule has 1 N–H and O–H groups in total. The van der Waals surface area contributed by atoms with Gasteiger partial charge < -0.3 is 5.32 Å². The fourth-order valence-electron chi connectivity index (χ4n) is 2.16. The van der Waals surface area contributed by atoms with Crippen LogP contribution in [-0.2, 0) is 6.42 Å². The molecule has 1 nitrogen and oxygen atoms in total. The smallest absolute Gasteiger partial charge is 0.162 e. The van der Waals surface area contributed by atoms with E-state index in [2.05, 4.69) is 21.2 Å². The number of hydrogen-bond acceptors (Lipinski definition) is 1. The molecule has 0 heterocycles. The number of likely N-dealkylation sites (N-methyl/N-ethyl adjacent to an activating group) is 1. The largest absolute Gasteiger partial charge is 0.313 e. The van der Waals surface area contributed by atoms with Gasteiger partial charge in [-0.1, -0.05) is 28.1 Å². The SMILES string of the molecule is CNC(Cc1cccc(F)c1F)c1c(F)cc(Br)cc1F. The van der Waals surface area contributed by atoms with E-state index in [1.165, 1.54) is 19.2 Å². The van der Waals surface area contributed by atoms with Gasteiger partial charge in [0.1, 0.15) is 11.6 Å². The van der Waals surface area contributed by atoms with Crippen LogP contribution in [0.15, 0.2) is 34.8 Å². The van der Waals surface area contributed by atoms with Crippen molar-refractivity contribution < 1.29 is 17.6 Å². The van der Waals surface area contributed by atoms with Gasteiger partial charge in [-0.25, -0.2) is 17.6 Å². The van der Waals surface area contributed by atoms with Gasteiger partial charge in [0, 0.05) is 16.1 Å². The second-order valence-electron chi connectivity index (χ2n) is 4.54. The Balaban J connectivity index is 2.39. The molecule has 0 aliphatic heterocycles. The van der Waals surface area contributed by atoms with E-state index < -0.39 is 29.3 Å². The minimum Gasteiger partial charge on any atom is -0.313 e. The zero-order valence-electron chi connectivity index (χ0n) is 11.1. The molecule has 0 saturated carbocycles. The first kappa shape index (κ1) is 16.0. The van der Waals surface area contributed by atoms with Crippen LogP contribution < -0.4 is 5.32 Å². The maximum atomic E-state index is 14.0. The summed E-state index contributed by atoms with van der Waals surface area (Å²) in [5.74, 6) is -3.49. The first-order valence-electron chi connectivity index (χ1n) is 6.18. The monoisotopic (exact) mass is 361 g/mol. The van der Waals surface area contributed by atoms with Crippen molar-refractivity contribution in [3.05, 3.63) is 69.2 Å². The minimum absolute atomic E-state index is 0.0519. The Morgan fingerprint density at radius 3 is 2.24 bits per heavy atom. The summed E-state index contributed by atoms with van der Waals surface area (Å²) >= 11 is 3.00. The van der Waals surface area contributed by atoms with Gasteiger partial charge >= 0.3 is 0 Å². The molecule has 2 rings (SSSR count). The Morgan fingerprint density at radius 2 is 1.67 bits per heavy atom. The molecule has 0 aromatic heterocycles. The van der Waals surface area contributed by atoms with Gasteiger partial charge in [-0.05, 0) is 37.2 Å². The molecule has 21 heavy (non-hydrogen) atoms. The highest BCUT2D eigenvalue weighted by Crippen LogP contribution is 2.28. The molecule has 0 saturated heterocycles. The van der Waals surface area contributed by atoms with Gasteiger partial charge in [-0.2, -0.15) is 0 Å². The first-order chi connectivity index (χ1) is 9.93. The zero-order chi connectivity index (χ0) is 15.6. The van der Waals surface area contributed by atoms with Crippen molar-refractivity contribution in [1.29, 1.82) is 0 Å². The van der Waals surface area contributed by atoms with Crippen LogP contribution in [0.25, 0.3) is 0 Å². The quantitative estimate of drug-likeness (QED) is 0.790. The van der Waals surface area contributed by atoms with E-state index in [9.17, 15) is 17.6 Å². The van der Waals surface area contributed by atoms with Gasteiger partial charge in [-0.15, -0.1) is 0 Å². The Bertz CT molecular complexity index is 637. The van der Waals surface area contributed by atoms with E-state index in [0.29, 0.717) is 0 Å². The summed E-state index contributed by atoms with van der Waals surface area (Å²) in [5, 5.41) is 2.73. The van der Waals surface area contributed by atoms with Crippen LogP contribution in [0.1, 0.15) is 17.2 Å². The fraction of sp³-hybridized carbons (Fsp3) is 0.200. The molecule has 0 spiro atoms. The maximum absolute atomic E-state index is 14.0. The number of rotatable bonds is 4. The molecule has 1 unspecified atom stereocenters. The van der Waals surface area contributed by atoms with Crippen molar-refractivity contribution in [3.63, 3.8) is 0 Å². The van der Waals surface area contributed by atoms with E-state index in [4.69, 9.17) is 0 Å². The van der Waals surface area contributed by atoms with E-state index in [0.717, 1.165) is 18.2 Å². The predicted molar refractivity (Wildman–Crippen MR) is 75.9 cm³/mol. The van der Waals surface area contributed by atoms with Crippen LogP contribution in [0.5, 0.6) is 0 Å². The second-order valence-corrected chi connectivity index (χ2v) is 5.46. The van der Waals surface area contributed by atoms with Crippen molar-refractivity contribution in [3.8, 4) is 0 Å². The zero-order valence-corrected chi connectivity index (χ0v) is 12.6. The third kappa shape index (κ3) is 3.44. The molecular weight excluding hydrogens is 350 g/mol. The molecular formula is C15H12BrF4N. The lowest BCUT2D eigenvalue weighted by Crippen LogP contribution is -2.22. The molecule has 0 aliphatic rings. The van der Waals surface area contributed by atoms with Gasteiger partial charge in [0.2, 0.25) is 0 Å². The van der Waals surface area contributed by atoms with Gasteiger partial charge in [0.15, 0.2) is 11.6 Å². The van der Waals surface area contributed by atoms with Crippen molar-refractivity contribution in [2.45, 2.75) is 12.5 Å². The van der Waals surface area contributed by atoms with Crippen LogP contribution in [0, 0.1) is 23.3 Å². The van der Waals surface area contributed by atoms with E-state index in [-0.39, 0.29) is 22.0 Å². The number of nitrogens with one attached hydrogen (secondary N) is 1. The lowest BCUT2D eigenvalue weighted by molar-refractivity contribution is 0.466. The van der Waals surface area contributed by atoms with Crippen LogP contribution in [0.3, 0.4) is 0 Å². The highest BCUT2D eigenvalue weighted by atomic mass is 79.9. The number of halogens is 5. The van der Waals surface area contributed by atoms with Crippen molar-refractivity contribution in [2.24, 2.45) is 0 Å². The van der Waals surface area contributed by atoms with Crippen molar-refractivity contribution >= 4 is 15.9 Å². The van der Waals surface area contributed by atoms with Gasteiger partial charge in [0.25, 0.3) is 0 Å².